The fraction of sp³-hybridized carbons (Fsp3) is 1.00. The Morgan fingerprint density at radius 2 is 1.79 bits per heavy atom. The summed E-state index contributed by atoms with van der Waals surface area (Å²) in [5, 5.41) is 0. The Morgan fingerprint density at radius 1 is 1.26 bits per heavy atom. The second-order valence-electron chi connectivity index (χ2n) is 4.66. The van der Waals surface area contributed by atoms with Crippen LogP contribution in [0.25, 0.3) is 0 Å². The van der Waals surface area contributed by atoms with Crippen molar-refractivity contribution >= 4 is 10.1 Å². The molecule has 8 heteroatoms. The third kappa shape index (κ3) is 7.74. The molecule has 0 radical (unpaired) electrons. The number of rotatable bonds is 4. The van der Waals surface area contributed by atoms with E-state index in [1.54, 1.807) is 0 Å². The van der Waals surface area contributed by atoms with Crippen molar-refractivity contribution in [3.8, 4) is 0 Å². The molecule has 4 nitrogen and oxygen atoms in total. The summed E-state index contributed by atoms with van der Waals surface area (Å²) >= 11 is 0. The number of likely N-dealkylation sites (tertiary alicyclic amines) is 1. The highest BCUT2D eigenvalue weighted by Gasteiger charge is 2.44. The summed E-state index contributed by atoms with van der Waals surface area (Å²) in [6.07, 6.45) is 5.58. The molecule has 1 saturated heterocycles. The van der Waals surface area contributed by atoms with Crippen molar-refractivity contribution in [3.05, 3.63) is 0 Å². The minimum atomic E-state index is -5.84. The van der Waals surface area contributed by atoms with Crippen molar-refractivity contribution in [2.45, 2.75) is 45.0 Å². The molecule has 1 aliphatic heterocycles. The molecule has 0 aromatic rings. The van der Waals surface area contributed by atoms with E-state index in [0.717, 1.165) is 5.92 Å². The van der Waals surface area contributed by atoms with E-state index < -0.39 is 15.6 Å². The lowest BCUT2D eigenvalue weighted by Gasteiger charge is -2.13. The summed E-state index contributed by atoms with van der Waals surface area (Å²) in [5.41, 5.74) is -5.53. The topological polar surface area (TPSA) is 57.6 Å². The van der Waals surface area contributed by atoms with Gasteiger partial charge < -0.3 is 4.90 Å². The number of halogens is 3. The maximum Gasteiger partial charge on any atom is 0.522 e. The van der Waals surface area contributed by atoms with Gasteiger partial charge in [0.15, 0.2) is 0 Å². The smallest absolute Gasteiger partial charge is 0.303 e. The molecule has 1 unspecified atom stereocenters. The van der Waals surface area contributed by atoms with E-state index in [2.05, 4.69) is 18.7 Å². The van der Waals surface area contributed by atoms with Gasteiger partial charge in [-0.25, -0.2) is 0 Å². The molecule has 1 N–H and O–H groups in total. The van der Waals surface area contributed by atoms with Crippen LogP contribution in [0.3, 0.4) is 0 Å². The predicted octanol–water partition coefficient (Wildman–Crippen LogP) is 2.91. The lowest BCUT2D eigenvalue weighted by Crippen LogP contribution is -2.21. The molecule has 0 bridgehead atoms. The quantitative estimate of drug-likeness (QED) is 0.641. The Hall–Kier alpha value is -0.340. The van der Waals surface area contributed by atoms with Crippen LogP contribution >= 0.6 is 0 Å². The minimum absolute atomic E-state index is 1.02. The van der Waals surface area contributed by atoms with Gasteiger partial charge in [0.2, 0.25) is 0 Å². The van der Waals surface area contributed by atoms with E-state index in [1.807, 2.05) is 0 Å². The van der Waals surface area contributed by atoms with Crippen LogP contribution in [0.4, 0.5) is 13.2 Å². The monoisotopic (exact) mass is 305 g/mol. The number of nitrogens with zero attached hydrogens (tertiary/aromatic N) is 1. The molecule has 0 spiro atoms. The summed E-state index contributed by atoms with van der Waals surface area (Å²) < 4.78 is 57.5. The molecule has 1 heterocycles. The zero-order chi connectivity index (χ0) is 15.1. The van der Waals surface area contributed by atoms with Crippen LogP contribution < -0.4 is 0 Å². The first-order valence-corrected chi connectivity index (χ1v) is 7.81. The third-order valence-electron chi connectivity index (χ3n) is 2.90. The summed E-state index contributed by atoms with van der Waals surface area (Å²) in [5.74, 6) is 1.02. The van der Waals surface area contributed by atoms with E-state index in [0.29, 0.717) is 0 Å². The second-order valence-corrected chi connectivity index (χ2v) is 6.08. The van der Waals surface area contributed by atoms with Gasteiger partial charge in [-0.2, -0.15) is 21.6 Å². The Labute approximate surface area is 112 Å². The second kappa shape index (κ2) is 8.06. The molecular formula is C11H22F3NO3S. The molecule has 0 saturated carbocycles. The molecule has 1 fully saturated rings. The fourth-order valence-electron chi connectivity index (χ4n) is 2.08. The molecule has 116 valence electrons. The highest BCUT2D eigenvalue weighted by Crippen LogP contribution is 2.21. The van der Waals surface area contributed by atoms with Gasteiger partial charge in [-0.15, -0.1) is 0 Å². The van der Waals surface area contributed by atoms with Crippen molar-refractivity contribution in [3.63, 3.8) is 0 Å². The number of hydrogen-bond donors (Lipinski definition) is 1. The van der Waals surface area contributed by atoms with Gasteiger partial charge in [0, 0.05) is 6.54 Å². The van der Waals surface area contributed by atoms with E-state index in [-0.39, 0.29) is 0 Å². The van der Waals surface area contributed by atoms with Gasteiger partial charge in [-0.3, -0.25) is 4.55 Å². The van der Waals surface area contributed by atoms with Gasteiger partial charge in [-0.05, 0) is 38.3 Å². The highest BCUT2D eigenvalue weighted by atomic mass is 32.2. The van der Waals surface area contributed by atoms with Gasteiger partial charge >= 0.3 is 15.6 Å². The van der Waals surface area contributed by atoms with Crippen molar-refractivity contribution < 1.29 is 26.1 Å². The Balaban J connectivity index is 0.000000362. The SMILES string of the molecule is CCCC1CCN(CCC)C1.O=S(=O)(O)C(F)(F)F. The van der Waals surface area contributed by atoms with E-state index in [4.69, 9.17) is 13.0 Å². The molecule has 1 rings (SSSR count). The van der Waals surface area contributed by atoms with E-state index in [9.17, 15) is 13.2 Å². The summed E-state index contributed by atoms with van der Waals surface area (Å²) in [6.45, 7) is 8.62. The van der Waals surface area contributed by atoms with Crippen molar-refractivity contribution in [1.82, 2.24) is 4.90 Å². The maximum atomic E-state index is 10.7. The fourth-order valence-corrected chi connectivity index (χ4v) is 2.08. The zero-order valence-electron chi connectivity index (χ0n) is 11.3. The maximum absolute atomic E-state index is 10.7. The van der Waals surface area contributed by atoms with E-state index in [1.165, 1.54) is 45.3 Å². The minimum Gasteiger partial charge on any atom is -0.303 e. The molecule has 19 heavy (non-hydrogen) atoms. The zero-order valence-corrected chi connectivity index (χ0v) is 12.1. The van der Waals surface area contributed by atoms with Crippen molar-refractivity contribution in [2.75, 3.05) is 19.6 Å². The van der Waals surface area contributed by atoms with Crippen molar-refractivity contribution in [2.24, 2.45) is 5.92 Å². The average Bonchev–Trinajstić information content (AvgIpc) is 2.65. The Kier molecular flexibility index (Phi) is 7.92. The highest BCUT2D eigenvalue weighted by molar-refractivity contribution is 7.86. The lowest BCUT2D eigenvalue weighted by atomic mass is 10.0. The molecule has 1 atom stereocenters. The van der Waals surface area contributed by atoms with Crippen LogP contribution in [0.1, 0.15) is 39.5 Å². The first-order chi connectivity index (χ1) is 8.61. The van der Waals surface area contributed by atoms with E-state index >= 15 is 0 Å². The van der Waals surface area contributed by atoms with Crippen LogP contribution in [0, 0.1) is 5.92 Å². The van der Waals surface area contributed by atoms with Gasteiger partial charge in [0.05, 0.1) is 0 Å². The molecule has 0 aliphatic carbocycles. The van der Waals surface area contributed by atoms with Gasteiger partial charge in [0.25, 0.3) is 0 Å². The van der Waals surface area contributed by atoms with Crippen LogP contribution in [0.2, 0.25) is 0 Å². The van der Waals surface area contributed by atoms with Crippen LogP contribution in [0.15, 0.2) is 0 Å². The first-order valence-electron chi connectivity index (χ1n) is 6.37. The molecule has 0 aromatic heterocycles. The van der Waals surface area contributed by atoms with Gasteiger partial charge in [-0.1, -0.05) is 20.3 Å². The molecule has 0 aromatic carbocycles. The largest absolute Gasteiger partial charge is 0.522 e. The standard InChI is InChI=1S/C10H21N.CHF3O3S/c1-3-5-10-6-8-11(9-10)7-4-2;2-1(3,4)8(5,6)7/h10H,3-9H2,1-2H3;(H,5,6,7). The normalized spacial score (nSPS) is 21.1. The first kappa shape index (κ1) is 18.7. The number of alkyl halides is 3. The summed E-state index contributed by atoms with van der Waals surface area (Å²) in [7, 11) is -5.84. The van der Waals surface area contributed by atoms with Crippen molar-refractivity contribution in [1.29, 1.82) is 0 Å². The third-order valence-corrected chi connectivity index (χ3v) is 3.48. The Morgan fingerprint density at radius 3 is 2.16 bits per heavy atom. The average molecular weight is 305 g/mol. The van der Waals surface area contributed by atoms with Crippen LogP contribution in [0.5, 0.6) is 0 Å². The lowest BCUT2D eigenvalue weighted by molar-refractivity contribution is -0.0510. The molecule has 1 aliphatic rings. The molecule has 0 amide bonds. The number of hydrogen-bond acceptors (Lipinski definition) is 3. The Bertz CT molecular complexity index is 332. The predicted molar refractivity (Wildman–Crippen MR) is 67.3 cm³/mol. The summed E-state index contributed by atoms with van der Waals surface area (Å²) in [4.78, 5) is 2.61. The summed E-state index contributed by atoms with van der Waals surface area (Å²) in [6, 6.07) is 0. The van der Waals surface area contributed by atoms with Crippen LogP contribution in [-0.4, -0.2) is 43.0 Å². The molecular weight excluding hydrogens is 283 g/mol. The van der Waals surface area contributed by atoms with Gasteiger partial charge in [0.1, 0.15) is 0 Å². The van der Waals surface area contributed by atoms with Crippen LogP contribution in [-0.2, 0) is 10.1 Å².